The highest BCUT2D eigenvalue weighted by atomic mass is 16.2. The van der Waals surface area contributed by atoms with E-state index in [2.05, 4.69) is 4.98 Å². The Balaban J connectivity index is 1.27. The van der Waals surface area contributed by atoms with Crippen LogP contribution in [0.4, 0.5) is 0 Å². The monoisotopic (exact) mass is 411 g/mol. The number of rotatable bonds is 5. The molecule has 1 aliphatic rings. The average molecular weight is 412 g/mol. The molecule has 1 amide bonds. The second kappa shape index (κ2) is 8.34. The van der Waals surface area contributed by atoms with Crippen LogP contribution in [-0.2, 0) is 11.3 Å². The van der Waals surface area contributed by atoms with Crippen molar-refractivity contribution in [3.05, 3.63) is 78.6 Å². The molecule has 3 aromatic carbocycles. The minimum Gasteiger partial charge on any atom is -0.342 e. The lowest BCUT2D eigenvalue weighted by atomic mass is 9.88. The van der Waals surface area contributed by atoms with E-state index in [-0.39, 0.29) is 17.6 Å². The molecular weight excluding hydrogens is 386 g/mol. The van der Waals surface area contributed by atoms with Crippen LogP contribution in [0.25, 0.3) is 21.8 Å². The summed E-state index contributed by atoms with van der Waals surface area (Å²) in [7, 11) is 0. The van der Waals surface area contributed by atoms with E-state index in [4.69, 9.17) is 0 Å². The van der Waals surface area contributed by atoms with Crippen LogP contribution in [0, 0.1) is 5.92 Å². The number of carbonyl (C=O) groups is 2. The summed E-state index contributed by atoms with van der Waals surface area (Å²) in [4.78, 5) is 32.5. The zero-order valence-corrected chi connectivity index (χ0v) is 17.4. The molecule has 5 rings (SSSR count). The molecule has 0 spiro atoms. The summed E-state index contributed by atoms with van der Waals surface area (Å²) < 4.78 is 2.02. The number of piperidine rings is 1. The van der Waals surface area contributed by atoms with Gasteiger partial charge in [-0.3, -0.25) is 9.59 Å². The first-order valence-corrected chi connectivity index (χ1v) is 10.9. The molecule has 0 radical (unpaired) electrons. The molecule has 0 saturated carbocycles. The van der Waals surface area contributed by atoms with Crippen LogP contribution in [0.15, 0.2) is 73.1 Å². The molecule has 4 aromatic rings. The summed E-state index contributed by atoms with van der Waals surface area (Å²) >= 11 is 0. The van der Waals surface area contributed by atoms with Gasteiger partial charge in [-0.25, -0.2) is 4.98 Å². The van der Waals surface area contributed by atoms with E-state index in [1.54, 1.807) is 6.33 Å². The van der Waals surface area contributed by atoms with Crippen molar-refractivity contribution >= 4 is 33.5 Å². The Kier molecular flexibility index (Phi) is 5.24. The fraction of sp³-hybridized carbons (Fsp3) is 0.269. The molecule has 31 heavy (non-hydrogen) atoms. The quantitative estimate of drug-likeness (QED) is 0.447. The Bertz CT molecular complexity index is 1250. The minimum absolute atomic E-state index is 0.105. The number of imidazole rings is 1. The maximum atomic E-state index is 13.3. The van der Waals surface area contributed by atoms with Crippen LogP contribution in [0.2, 0.25) is 0 Å². The standard InChI is InChI=1S/C26H25N3O2/c30-25(14-16-29-18-27-23-12-3-4-13-24(23)29)28-15-6-9-20(17-28)26(31)22-11-5-8-19-7-1-2-10-21(19)22/h1-5,7-8,10-13,18,20H,6,9,14-17H2/t20-/m0/s1. The normalized spacial score (nSPS) is 16.6. The maximum absolute atomic E-state index is 13.3. The average Bonchev–Trinajstić information content (AvgIpc) is 3.25. The van der Waals surface area contributed by atoms with Gasteiger partial charge in [0.1, 0.15) is 0 Å². The highest BCUT2D eigenvalue weighted by Crippen LogP contribution is 2.26. The van der Waals surface area contributed by atoms with Gasteiger partial charge in [-0.15, -0.1) is 0 Å². The number of fused-ring (bicyclic) bond motifs is 2. The first-order chi connectivity index (χ1) is 15.2. The Morgan fingerprint density at radius 3 is 2.71 bits per heavy atom. The van der Waals surface area contributed by atoms with Gasteiger partial charge < -0.3 is 9.47 Å². The largest absolute Gasteiger partial charge is 0.342 e. The van der Waals surface area contributed by atoms with E-state index in [9.17, 15) is 9.59 Å². The van der Waals surface area contributed by atoms with Crippen LogP contribution in [-0.4, -0.2) is 39.2 Å². The lowest BCUT2D eigenvalue weighted by Crippen LogP contribution is -2.42. The summed E-state index contributed by atoms with van der Waals surface area (Å²) in [6.07, 6.45) is 3.90. The number of ketones is 1. The fourth-order valence-electron chi connectivity index (χ4n) is 4.64. The van der Waals surface area contributed by atoms with Crippen molar-refractivity contribution in [3.63, 3.8) is 0 Å². The number of benzene rings is 3. The Hall–Kier alpha value is -3.47. The van der Waals surface area contributed by atoms with Gasteiger partial charge in [-0.1, -0.05) is 54.6 Å². The molecule has 2 heterocycles. The number of aryl methyl sites for hydroxylation is 1. The van der Waals surface area contributed by atoms with Crippen molar-refractivity contribution in [1.29, 1.82) is 0 Å². The van der Waals surface area contributed by atoms with Crippen molar-refractivity contribution in [2.75, 3.05) is 13.1 Å². The smallest absolute Gasteiger partial charge is 0.224 e. The number of aromatic nitrogens is 2. The minimum atomic E-state index is -0.141. The van der Waals surface area contributed by atoms with Crippen molar-refractivity contribution < 1.29 is 9.59 Å². The summed E-state index contributed by atoms with van der Waals surface area (Å²) in [5.41, 5.74) is 2.74. The predicted octanol–water partition coefficient (Wildman–Crippen LogP) is 4.70. The summed E-state index contributed by atoms with van der Waals surface area (Å²) in [5, 5.41) is 2.06. The van der Waals surface area contributed by atoms with Gasteiger partial charge in [-0.2, -0.15) is 0 Å². The van der Waals surface area contributed by atoms with Gasteiger partial charge in [0.2, 0.25) is 5.91 Å². The van der Waals surface area contributed by atoms with E-state index in [1.807, 2.05) is 76.2 Å². The van der Waals surface area contributed by atoms with Crippen molar-refractivity contribution in [1.82, 2.24) is 14.5 Å². The molecule has 5 heteroatoms. The van der Waals surface area contributed by atoms with E-state index >= 15 is 0 Å². The molecule has 1 aliphatic heterocycles. The molecule has 0 aliphatic carbocycles. The Morgan fingerprint density at radius 1 is 0.968 bits per heavy atom. The first kappa shape index (κ1) is 19.5. The highest BCUT2D eigenvalue weighted by Gasteiger charge is 2.29. The van der Waals surface area contributed by atoms with Crippen molar-refractivity contribution in [3.8, 4) is 0 Å². The van der Waals surface area contributed by atoms with Crippen molar-refractivity contribution in [2.24, 2.45) is 5.92 Å². The number of carbonyl (C=O) groups excluding carboxylic acids is 2. The van der Waals surface area contributed by atoms with Gasteiger partial charge in [0.15, 0.2) is 5.78 Å². The summed E-state index contributed by atoms with van der Waals surface area (Å²) in [5.74, 6) is 0.112. The van der Waals surface area contributed by atoms with E-state index in [0.717, 1.165) is 46.8 Å². The third-order valence-corrected chi connectivity index (χ3v) is 6.29. The van der Waals surface area contributed by atoms with Gasteiger partial charge in [0, 0.05) is 37.5 Å². The second-order valence-electron chi connectivity index (χ2n) is 8.25. The van der Waals surface area contributed by atoms with Crippen LogP contribution in [0.1, 0.15) is 29.6 Å². The maximum Gasteiger partial charge on any atom is 0.224 e. The molecule has 156 valence electrons. The highest BCUT2D eigenvalue weighted by molar-refractivity contribution is 6.09. The number of Topliss-reactive ketones (excluding diaryl/α,β-unsaturated/α-hetero) is 1. The molecule has 0 bridgehead atoms. The zero-order chi connectivity index (χ0) is 21.2. The lowest BCUT2D eigenvalue weighted by Gasteiger charge is -2.32. The number of amides is 1. The summed E-state index contributed by atoms with van der Waals surface area (Å²) in [6, 6.07) is 21.8. The molecule has 0 N–H and O–H groups in total. The molecule has 1 saturated heterocycles. The number of hydrogen-bond acceptors (Lipinski definition) is 3. The van der Waals surface area contributed by atoms with E-state index in [1.165, 1.54) is 0 Å². The van der Waals surface area contributed by atoms with Gasteiger partial charge >= 0.3 is 0 Å². The third-order valence-electron chi connectivity index (χ3n) is 6.29. The predicted molar refractivity (Wildman–Crippen MR) is 122 cm³/mol. The van der Waals surface area contributed by atoms with E-state index in [0.29, 0.717) is 19.5 Å². The van der Waals surface area contributed by atoms with Gasteiger partial charge in [0.05, 0.1) is 17.4 Å². The number of nitrogens with zero attached hydrogens (tertiary/aromatic N) is 3. The molecule has 1 aromatic heterocycles. The topological polar surface area (TPSA) is 55.2 Å². The van der Waals surface area contributed by atoms with E-state index < -0.39 is 0 Å². The SMILES string of the molecule is O=C(c1cccc2ccccc12)[C@H]1CCCN(C(=O)CCn2cnc3ccccc32)C1. The number of hydrogen-bond donors (Lipinski definition) is 0. The summed E-state index contributed by atoms with van der Waals surface area (Å²) in [6.45, 7) is 1.83. The molecule has 1 atom stereocenters. The molecule has 1 fully saturated rings. The van der Waals surface area contributed by atoms with Crippen LogP contribution in [0.5, 0.6) is 0 Å². The Labute approximate surface area is 181 Å². The first-order valence-electron chi connectivity index (χ1n) is 10.9. The third kappa shape index (κ3) is 3.83. The molecule has 5 nitrogen and oxygen atoms in total. The van der Waals surface area contributed by atoms with Crippen LogP contribution in [0.3, 0.4) is 0 Å². The molecular formula is C26H25N3O2. The lowest BCUT2D eigenvalue weighted by molar-refractivity contribution is -0.132. The zero-order valence-electron chi connectivity index (χ0n) is 17.4. The van der Waals surface area contributed by atoms with Gasteiger partial charge in [0.25, 0.3) is 0 Å². The molecule has 0 unspecified atom stereocenters. The number of para-hydroxylation sites is 2. The van der Waals surface area contributed by atoms with Crippen LogP contribution >= 0.6 is 0 Å². The van der Waals surface area contributed by atoms with Crippen LogP contribution < -0.4 is 0 Å². The van der Waals surface area contributed by atoms with Gasteiger partial charge in [-0.05, 0) is 35.7 Å². The van der Waals surface area contributed by atoms with Crippen molar-refractivity contribution in [2.45, 2.75) is 25.8 Å². The Morgan fingerprint density at radius 2 is 1.77 bits per heavy atom. The number of likely N-dealkylation sites (tertiary alicyclic amines) is 1. The second-order valence-corrected chi connectivity index (χ2v) is 8.25. The fourth-order valence-corrected chi connectivity index (χ4v) is 4.64.